The van der Waals surface area contributed by atoms with Crippen molar-refractivity contribution < 1.29 is 0 Å². The summed E-state index contributed by atoms with van der Waals surface area (Å²) in [4.78, 5) is 6.43. The molecule has 1 aromatic heterocycles. The van der Waals surface area contributed by atoms with E-state index in [1.165, 1.54) is 18.5 Å². The second-order valence-corrected chi connectivity index (χ2v) is 4.05. The van der Waals surface area contributed by atoms with Crippen LogP contribution in [0.2, 0.25) is 0 Å². The van der Waals surface area contributed by atoms with Gasteiger partial charge in [-0.25, -0.2) is 0 Å². The number of aromatic nitrogens is 1. The van der Waals surface area contributed by atoms with Crippen LogP contribution in [0.25, 0.3) is 0 Å². The zero-order chi connectivity index (χ0) is 9.97. The molecule has 1 saturated carbocycles. The van der Waals surface area contributed by atoms with Gasteiger partial charge in [-0.1, -0.05) is 0 Å². The molecule has 2 rings (SSSR count). The fourth-order valence-corrected chi connectivity index (χ4v) is 1.38. The largest absolute Gasteiger partial charge is 0.378 e. The normalized spacial score (nSPS) is 15.6. The lowest BCUT2D eigenvalue weighted by molar-refractivity contribution is 0.674. The summed E-state index contributed by atoms with van der Waals surface area (Å²) >= 11 is 0. The molecule has 0 saturated heterocycles. The standard InChI is InChI=1S/C11H17N3/c1-14(2)11-5-6-12-10(7-11)8-13-9-3-4-9/h5-7,9,13H,3-4,8H2,1-2H3. The van der Waals surface area contributed by atoms with Gasteiger partial charge in [-0.15, -0.1) is 0 Å². The first kappa shape index (κ1) is 9.46. The summed E-state index contributed by atoms with van der Waals surface area (Å²) < 4.78 is 0. The molecule has 1 aromatic rings. The highest BCUT2D eigenvalue weighted by atomic mass is 15.1. The average Bonchev–Trinajstić information content (AvgIpc) is 2.99. The topological polar surface area (TPSA) is 28.2 Å². The first-order chi connectivity index (χ1) is 6.75. The molecule has 0 radical (unpaired) electrons. The zero-order valence-corrected chi connectivity index (χ0v) is 8.83. The van der Waals surface area contributed by atoms with Crippen LogP contribution in [0.3, 0.4) is 0 Å². The molecule has 1 aliphatic rings. The van der Waals surface area contributed by atoms with E-state index in [1.807, 2.05) is 26.4 Å². The summed E-state index contributed by atoms with van der Waals surface area (Å²) in [6, 6.07) is 4.91. The molecule has 0 unspecified atom stereocenters. The smallest absolute Gasteiger partial charge is 0.0562 e. The van der Waals surface area contributed by atoms with Gasteiger partial charge in [-0.05, 0) is 25.0 Å². The number of hydrogen-bond donors (Lipinski definition) is 1. The van der Waals surface area contributed by atoms with Crippen molar-refractivity contribution in [2.24, 2.45) is 0 Å². The van der Waals surface area contributed by atoms with Gasteiger partial charge in [0.15, 0.2) is 0 Å². The zero-order valence-electron chi connectivity index (χ0n) is 8.83. The maximum Gasteiger partial charge on any atom is 0.0562 e. The van der Waals surface area contributed by atoms with Crippen molar-refractivity contribution >= 4 is 5.69 Å². The quantitative estimate of drug-likeness (QED) is 0.779. The Bertz CT molecular complexity index is 305. The highest BCUT2D eigenvalue weighted by molar-refractivity contribution is 5.44. The molecule has 76 valence electrons. The summed E-state index contributed by atoms with van der Waals surface area (Å²) in [5.41, 5.74) is 2.34. The maximum atomic E-state index is 4.33. The third kappa shape index (κ3) is 2.45. The van der Waals surface area contributed by atoms with Gasteiger partial charge in [0.2, 0.25) is 0 Å². The molecule has 1 fully saturated rings. The first-order valence-electron chi connectivity index (χ1n) is 5.11. The highest BCUT2D eigenvalue weighted by Gasteiger charge is 2.20. The van der Waals surface area contributed by atoms with Crippen molar-refractivity contribution in [3.8, 4) is 0 Å². The number of pyridine rings is 1. The van der Waals surface area contributed by atoms with Crippen LogP contribution in [-0.2, 0) is 6.54 Å². The summed E-state index contributed by atoms with van der Waals surface area (Å²) in [6.07, 6.45) is 4.53. The van der Waals surface area contributed by atoms with Crippen molar-refractivity contribution in [3.63, 3.8) is 0 Å². The van der Waals surface area contributed by atoms with Crippen LogP contribution >= 0.6 is 0 Å². The third-order valence-electron chi connectivity index (χ3n) is 2.47. The predicted molar refractivity (Wildman–Crippen MR) is 58.4 cm³/mol. The van der Waals surface area contributed by atoms with Crippen molar-refractivity contribution in [2.75, 3.05) is 19.0 Å². The summed E-state index contributed by atoms with van der Waals surface area (Å²) in [5.74, 6) is 0. The Morgan fingerprint density at radius 3 is 2.93 bits per heavy atom. The van der Waals surface area contributed by atoms with Crippen LogP contribution in [0.5, 0.6) is 0 Å². The molecule has 0 aliphatic heterocycles. The van der Waals surface area contributed by atoms with Gasteiger partial charge in [0.25, 0.3) is 0 Å². The van der Waals surface area contributed by atoms with Gasteiger partial charge in [0, 0.05) is 38.6 Å². The minimum absolute atomic E-state index is 0.750. The Balaban J connectivity index is 1.97. The molecule has 0 atom stereocenters. The van der Waals surface area contributed by atoms with Crippen molar-refractivity contribution in [2.45, 2.75) is 25.4 Å². The van der Waals surface area contributed by atoms with Crippen molar-refractivity contribution in [1.29, 1.82) is 0 Å². The lowest BCUT2D eigenvalue weighted by Crippen LogP contribution is -2.17. The van der Waals surface area contributed by atoms with E-state index in [0.717, 1.165) is 18.3 Å². The number of nitrogens with zero attached hydrogens (tertiary/aromatic N) is 2. The third-order valence-corrected chi connectivity index (χ3v) is 2.47. The lowest BCUT2D eigenvalue weighted by atomic mass is 10.3. The van der Waals surface area contributed by atoms with Crippen LogP contribution in [0.15, 0.2) is 18.3 Å². The Labute approximate surface area is 85.1 Å². The van der Waals surface area contributed by atoms with E-state index in [4.69, 9.17) is 0 Å². The molecule has 3 heteroatoms. The van der Waals surface area contributed by atoms with E-state index >= 15 is 0 Å². The van der Waals surface area contributed by atoms with Crippen LogP contribution in [0, 0.1) is 0 Å². The summed E-state index contributed by atoms with van der Waals surface area (Å²) in [7, 11) is 4.10. The monoisotopic (exact) mass is 191 g/mol. The van der Waals surface area contributed by atoms with E-state index in [2.05, 4.69) is 21.3 Å². The predicted octanol–water partition coefficient (Wildman–Crippen LogP) is 1.40. The molecular weight excluding hydrogens is 174 g/mol. The number of nitrogens with one attached hydrogen (secondary N) is 1. The fraction of sp³-hybridized carbons (Fsp3) is 0.545. The number of rotatable bonds is 4. The summed E-state index contributed by atoms with van der Waals surface area (Å²) in [6.45, 7) is 0.895. The Morgan fingerprint density at radius 1 is 1.50 bits per heavy atom. The average molecular weight is 191 g/mol. The van der Waals surface area contributed by atoms with Crippen LogP contribution < -0.4 is 10.2 Å². The Morgan fingerprint density at radius 2 is 2.29 bits per heavy atom. The van der Waals surface area contributed by atoms with Gasteiger partial charge in [0.05, 0.1) is 5.69 Å². The van der Waals surface area contributed by atoms with Crippen LogP contribution in [-0.4, -0.2) is 25.1 Å². The van der Waals surface area contributed by atoms with Crippen LogP contribution in [0.4, 0.5) is 5.69 Å². The first-order valence-corrected chi connectivity index (χ1v) is 5.11. The van der Waals surface area contributed by atoms with Gasteiger partial charge in [0.1, 0.15) is 0 Å². The molecule has 0 aromatic carbocycles. The van der Waals surface area contributed by atoms with Crippen molar-refractivity contribution in [1.82, 2.24) is 10.3 Å². The van der Waals surface area contributed by atoms with E-state index < -0.39 is 0 Å². The highest BCUT2D eigenvalue weighted by Crippen LogP contribution is 2.19. The molecule has 0 spiro atoms. The van der Waals surface area contributed by atoms with Gasteiger partial charge >= 0.3 is 0 Å². The molecule has 1 aliphatic carbocycles. The molecule has 1 N–H and O–H groups in total. The molecule has 1 heterocycles. The molecule has 3 nitrogen and oxygen atoms in total. The maximum absolute atomic E-state index is 4.33. The van der Waals surface area contributed by atoms with Gasteiger partial charge in [-0.2, -0.15) is 0 Å². The van der Waals surface area contributed by atoms with E-state index in [9.17, 15) is 0 Å². The molecule has 14 heavy (non-hydrogen) atoms. The number of anilines is 1. The van der Waals surface area contributed by atoms with E-state index in [1.54, 1.807) is 0 Å². The fourth-order valence-electron chi connectivity index (χ4n) is 1.38. The second-order valence-electron chi connectivity index (χ2n) is 4.05. The van der Waals surface area contributed by atoms with Gasteiger partial charge < -0.3 is 10.2 Å². The SMILES string of the molecule is CN(C)c1ccnc(CNC2CC2)c1. The second kappa shape index (κ2) is 3.96. The summed E-state index contributed by atoms with van der Waals surface area (Å²) in [5, 5.41) is 3.46. The van der Waals surface area contributed by atoms with Crippen LogP contribution in [0.1, 0.15) is 18.5 Å². The Hall–Kier alpha value is -1.09. The van der Waals surface area contributed by atoms with Gasteiger partial charge in [-0.3, -0.25) is 4.98 Å². The van der Waals surface area contributed by atoms with E-state index in [-0.39, 0.29) is 0 Å². The Kier molecular flexibility index (Phi) is 2.68. The minimum atomic E-state index is 0.750. The molecule has 0 bridgehead atoms. The molecule has 0 amide bonds. The van der Waals surface area contributed by atoms with E-state index in [0.29, 0.717) is 0 Å². The lowest BCUT2D eigenvalue weighted by Gasteiger charge is -2.13. The minimum Gasteiger partial charge on any atom is -0.378 e. The number of hydrogen-bond acceptors (Lipinski definition) is 3. The molecular formula is C11H17N3. The van der Waals surface area contributed by atoms with Crippen molar-refractivity contribution in [3.05, 3.63) is 24.0 Å².